The van der Waals surface area contributed by atoms with E-state index in [2.05, 4.69) is 56.8 Å². The molecule has 1 saturated heterocycles. The topological polar surface area (TPSA) is 71.2 Å². The van der Waals surface area contributed by atoms with Gasteiger partial charge in [0.15, 0.2) is 0 Å². The first kappa shape index (κ1) is 21.0. The van der Waals surface area contributed by atoms with Crippen molar-refractivity contribution in [2.75, 3.05) is 37.6 Å². The Morgan fingerprint density at radius 1 is 1.07 bits per heavy atom. The van der Waals surface area contributed by atoms with Crippen LogP contribution in [0, 0.1) is 30.6 Å². The first-order chi connectivity index (χ1) is 14.5. The molecule has 2 aromatic heterocycles. The predicted octanol–water partition coefficient (Wildman–Crippen LogP) is 3.39. The van der Waals surface area contributed by atoms with Crippen LogP contribution >= 0.6 is 0 Å². The number of aryl methyl sites for hydroxylation is 1. The summed E-state index contributed by atoms with van der Waals surface area (Å²) in [6.07, 6.45) is 8.24. The van der Waals surface area contributed by atoms with Gasteiger partial charge in [0.2, 0.25) is 17.7 Å². The smallest absolute Gasteiger partial charge is 0.225 e. The highest BCUT2D eigenvalue weighted by atomic mass is 16.4. The summed E-state index contributed by atoms with van der Waals surface area (Å²) in [5.74, 6) is 4.71. The van der Waals surface area contributed by atoms with Crippen molar-refractivity contribution in [2.45, 2.75) is 40.5 Å². The largest absolute Gasteiger partial charge is 0.426 e. The van der Waals surface area contributed by atoms with Gasteiger partial charge >= 0.3 is 0 Å². The molecule has 0 radical (unpaired) electrons. The molecule has 3 heterocycles. The second-order valence-electron chi connectivity index (χ2n) is 9.17. The van der Waals surface area contributed by atoms with E-state index in [-0.39, 0.29) is 0 Å². The zero-order chi connectivity index (χ0) is 21.1. The highest BCUT2D eigenvalue weighted by Gasteiger charge is 2.34. The number of anilines is 1. The molecule has 0 N–H and O–H groups in total. The minimum Gasteiger partial charge on any atom is -0.426 e. The lowest BCUT2D eigenvalue weighted by Gasteiger charge is -2.41. The first-order valence-corrected chi connectivity index (χ1v) is 11.2. The molecule has 4 rings (SSSR count). The van der Waals surface area contributed by atoms with E-state index in [0.29, 0.717) is 29.6 Å². The molecule has 162 valence electrons. The van der Waals surface area contributed by atoms with Crippen LogP contribution in [0.3, 0.4) is 0 Å². The van der Waals surface area contributed by atoms with Gasteiger partial charge in [0.05, 0.1) is 0 Å². The molecule has 0 bridgehead atoms. The summed E-state index contributed by atoms with van der Waals surface area (Å²) in [6, 6.07) is 1.87. The van der Waals surface area contributed by atoms with Gasteiger partial charge in [-0.25, -0.2) is 9.97 Å². The van der Waals surface area contributed by atoms with Gasteiger partial charge in [-0.1, -0.05) is 25.5 Å². The van der Waals surface area contributed by atoms with E-state index in [1.54, 1.807) is 0 Å². The van der Waals surface area contributed by atoms with E-state index in [1.165, 1.54) is 12.0 Å². The van der Waals surface area contributed by atoms with E-state index >= 15 is 0 Å². The van der Waals surface area contributed by atoms with Crippen molar-refractivity contribution < 1.29 is 4.42 Å². The second kappa shape index (κ2) is 9.25. The van der Waals surface area contributed by atoms with Gasteiger partial charge in [-0.05, 0) is 43.1 Å². The average Bonchev–Trinajstić information content (AvgIpc) is 3.15. The highest BCUT2D eigenvalue weighted by Crippen LogP contribution is 2.39. The van der Waals surface area contributed by atoms with Crippen molar-refractivity contribution in [3.63, 3.8) is 0 Å². The average molecular weight is 411 g/mol. The van der Waals surface area contributed by atoms with E-state index in [4.69, 9.17) is 4.42 Å². The fourth-order valence-electron chi connectivity index (χ4n) is 5.00. The Morgan fingerprint density at radius 2 is 1.80 bits per heavy atom. The molecule has 2 aromatic rings. The van der Waals surface area contributed by atoms with Crippen molar-refractivity contribution in [1.82, 2.24) is 25.1 Å². The minimum absolute atomic E-state index is 0.501. The highest BCUT2D eigenvalue weighted by molar-refractivity contribution is 5.29. The molecule has 2 aliphatic rings. The number of rotatable bonds is 6. The lowest BCUT2D eigenvalue weighted by molar-refractivity contribution is 0.154. The van der Waals surface area contributed by atoms with E-state index in [1.807, 2.05) is 25.4 Å². The molecule has 0 spiro atoms. The fourth-order valence-corrected chi connectivity index (χ4v) is 5.00. The van der Waals surface area contributed by atoms with Crippen LogP contribution < -0.4 is 4.90 Å². The van der Waals surface area contributed by atoms with E-state index in [9.17, 15) is 0 Å². The third kappa shape index (κ3) is 4.89. The zero-order valence-electron chi connectivity index (χ0n) is 18.7. The Bertz CT molecular complexity index is 840. The maximum atomic E-state index is 5.65. The molecule has 0 unspecified atom stereocenters. The van der Waals surface area contributed by atoms with Gasteiger partial charge in [-0.2, -0.15) is 0 Å². The number of aromatic nitrogens is 4. The Balaban J connectivity index is 1.38. The summed E-state index contributed by atoms with van der Waals surface area (Å²) in [7, 11) is 0. The van der Waals surface area contributed by atoms with Crippen molar-refractivity contribution in [1.29, 1.82) is 0 Å². The molecule has 3 atom stereocenters. The molecule has 7 heteroatoms. The third-order valence-electron chi connectivity index (χ3n) is 6.75. The van der Waals surface area contributed by atoms with Gasteiger partial charge in [-0.3, -0.25) is 4.90 Å². The number of hydrogen-bond acceptors (Lipinski definition) is 7. The summed E-state index contributed by atoms with van der Waals surface area (Å²) >= 11 is 0. The summed E-state index contributed by atoms with van der Waals surface area (Å²) in [4.78, 5) is 13.7. The van der Waals surface area contributed by atoms with Crippen LogP contribution in [0.5, 0.6) is 0 Å². The SMILES string of the molecule is CC1=C[C@@H](CN2CCN(c3ncccn3)CC2)[C@H](C(C)C)C[C@H]1Cc1nnc(C)o1. The van der Waals surface area contributed by atoms with Crippen LogP contribution in [0.4, 0.5) is 5.95 Å². The zero-order valence-corrected chi connectivity index (χ0v) is 18.7. The van der Waals surface area contributed by atoms with Crippen LogP contribution in [0.2, 0.25) is 0 Å². The summed E-state index contributed by atoms with van der Waals surface area (Å²) < 4.78 is 5.65. The number of allylic oxidation sites excluding steroid dienone is 1. The van der Waals surface area contributed by atoms with Gasteiger partial charge in [0.25, 0.3) is 0 Å². The normalized spacial score (nSPS) is 25.6. The molecule has 7 nitrogen and oxygen atoms in total. The maximum absolute atomic E-state index is 5.65. The molecule has 1 aliphatic carbocycles. The molecular formula is C23H34N6O. The van der Waals surface area contributed by atoms with E-state index < -0.39 is 0 Å². The number of piperazine rings is 1. The molecular weight excluding hydrogens is 376 g/mol. The Kier molecular flexibility index (Phi) is 6.46. The molecule has 30 heavy (non-hydrogen) atoms. The van der Waals surface area contributed by atoms with Gasteiger partial charge in [0, 0.05) is 58.5 Å². The third-order valence-corrected chi connectivity index (χ3v) is 6.75. The first-order valence-electron chi connectivity index (χ1n) is 11.2. The minimum atomic E-state index is 0.501. The lowest BCUT2D eigenvalue weighted by atomic mass is 9.69. The molecule has 1 fully saturated rings. The fraction of sp³-hybridized carbons (Fsp3) is 0.652. The van der Waals surface area contributed by atoms with Crippen molar-refractivity contribution in [2.24, 2.45) is 23.7 Å². The van der Waals surface area contributed by atoms with E-state index in [0.717, 1.165) is 51.0 Å². The van der Waals surface area contributed by atoms with Crippen LogP contribution in [0.1, 0.15) is 39.0 Å². The summed E-state index contributed by atoms with van der Waals surface area (Å²) in [5.41, 5.74) is 1.48. The Labute approximate surface area is 179 Å². The Morgan fingerprint density at radius 3 is 2.43 bits per heavy atom. The standard InChI is InChI=1S/C23H34N6O/c1-16(2)21-13-19(14-22-27-26-18(4)30-22)17(3)12-20(21)15-28-8-10-29(11-9-28)23-24-6-5-7-25-23/h5-7,12,16,19-21H,8-11,13-15H2,1-4H3/t19-,20-,21-/m0/s1. The number of hydrogen-bond donors (Lipinski definition) is 0. The second-order valence-corrected chi connectivity index (χ2v) is 9.17. The van der Waals surface area contributed by atoms with Crippen molar-refractivity contribution >= 4 is 5.95 Å². The predicted molar refractivity (Wildman–Crippen MR) is 117 cm³/mol. The van der Waals surface area contributed by atoms with Crippen molar-refractivity contribution in [3.05, 3.63) is 41.9 Å². The van der Waals surface area contributed by atoms with Crippen molar-refractivity contribution in [3.8, 4) is 0 Å². The summed E-state index contributed by atoms with van der Waals surface area (Å²) in [6.45, 7) is 14.1. The van der Waals surface area contributed by atoms with Crippen LogP contribution in [-0.2, 0) is 6.42 Å². The quantitative estimate of drug-likeness (QED) is 0.676. The monoisotopic (exact) mass is 410 g/mol. The molecule has 0 aromatic carbocycles. The van der Waals surface area contributed by atoms with Crippen LogP contribution in [-0.4, -0.2) is 57.8 Å². The molecule has 0 saturated carbocycles. The molecule has 1 aliphatic heterocycles. The van der Waals surface area contributed by atoms with Gasteiger partial charge in [0.1, 0.15) is 0 Å². The van der Waals surface area contributed by atoms with Gasteiger partial charge in [-0.15, -0.1) is 10.2 Å². The summed E-state index contributed by atoms with van der Waals surface area (Å²) in [5, 5.41) is 8.22. The molecule has 0 amide bonds. The number of nitrogens with zero attached hydrogens (tertiary/aromatic N) is 6. The van der Waals surface area contributed by atoms with Crippen LogP contribution in [0.15, 0.2) is 34.5 Å². The maximum Gasteiger partial charge on any atom is 0.225 e. The lowest BCUT2D eigenvalue weighted by Crippen LogP contribution is -2.49. The van der Waals surface area contributed by atoms with Gasteiger partial charge < -0.3 is 9.32 Å². The van der Waals surface area contributed by atoms with Crippen LogP contribution in [0.25, 0.3) is 0 Å². The Hall–Kier alpha value is -2.28.